The van der Waals surface area contributed by atoms with Gasteiger partial charge in [-0.25, -0.2) is 0 Å². The summed E-state index contributed by atoms with van der Waals surface area (Å²) in [7, 11) is 1.48. The normalized spacial score (nSPS) is 31.6. The van der Waals surface area contributed by atoms with E-state index in [2.05, 4.69) is 24.3 Å². The number of methoxy groups -OCH3 is 1. The second-order valence-corrected chi connectivity index (χ2v) is 7.89. The fourth-order valence-electron chi connectivity index (χ4n) is 4.24. The standard InChI is InChI=1S/C20H27ClO2/c1-23-20(22)18-12-16-8-4-14(5-9-16)2-3-15-6-10-17(11-7-15)13-19(18)21/h6-7,10-11,14,16,18-19H,2-5,8-9,12-13H2,1H3/t14?,16?,18-,19+/m0/s1. The fraction of sp³-hybridized carbons (Fsp3) is 0.650. The molecule has 0 heterocycles. The second-order valence-electron chi connectivity index (χ2n) is 7.33. The van der Waals surface area contributed by atoms with Gasteiger partial charge in [-0.3, -0.25) is 4.79 Å². The fourth-order valence-corrected chi connectivity index (χ4v) is 4.62. The van der Waals surface area contributed by atoms with Crippen LogP contribution in [0.15, 0.2) is 24.3 Å². The number of ether oxygens (including phenoxy) is 1. The first-order valence-electron chi connectivity index (χ1n) is 8.95. The maximum atomic E-state index is 12.2. The van der Waals surface area contributed by atoms with E-state index in [-0.39, 0.29) is 17.3 Å². The van der Waals surface area contributed by atoms with Gasteiger partial charge in [0.2, 0.25) is 0 Å². The molecule has 126 valence electrons. The molecule has 6 rings (SSSR count). The summed E-state index contributed by atoms with van der Waals surface area (Å²) in [5.74, 6) is 1.14. The third-order valence-electron chi connectivity index (χ3n) is 5.79. The average molecular weight is 335 g/mol. The number of alkyl halides is 1. The lowest BCUT2D eigenvalue weighted by Gasteiger charge is -2.32. The van der Waals surface area contributed by atoms with Crippen LogP contribution < -0.4 is 0 Å². The highest BCUT2D eigenvalue weighted by atomic mass is 35.5. The van der Waals surface area contributed by atoms with E-state index in [9.17, 15) is 4.79 Å². The summed E-state index contributed by atoms with van der Waals surface area (Å²) in [6.07, 6.45) is 9.16. The molecule has 0 saturated heterocycles. The van der Waals surface area contributed by atoms with Gasteiger partial charge in [-0.1, -0.05) is 49.9 Å². The van der Waals surface area contributed by atoms with E-state index in [4.69, 9.17) is 16.3 Å². The number of carbonyl (C=O) groups is 1. The van der Waals surface area contributed by atoms with Crippen molar-refractivity contribution in [3.8, 4) is 0 Å². The van der Waals surface area contributed by atoms with Crippen molar-refractivity contribution in [3.05, 3.63) is 35.4 Å². The van der Waals surface area contributed by atoms with E-state index >= 15 is 0 Å². The molecular formula is C20H27ClO2. The molecule has 0 amide bonds. The maximum absolute atomic E-state index is 12.2. The van der Waals surface area contributed by atoms with E-state index in [0.717, 1.165) is 18.8 Å². The molecule has 0 unspecified atom stereocenters. The van der Waals surface area contributed by atoms with Gasteiger partial charge < -0.3 is 4.74 Å². The van der Waals surface area contributed by atoms with Crippen molar-refractivity contribution < 1.29 is 9.53 Å². The Hall–Kier alpha value is -1.02. The SMILES string of the molecule is COC(=O)[C@H]1CC2CCC(CCc3ccc(cc3)C[C@H]1Cl)CC2. The van der Waals surface area contributed by atoms with Crippen LogP contribution in [0, 0.1) is 17.8 Å². The van der Waals surface area contributed by atoms with Crippen molar-refractivity contribution in [1.82, 2.24) is 0 Å². The van der Waals surface area contributed by atoms with Gasteiger partial charge in [0.1, 0.15) is 0 Å². The van der Waals surface area contributed by atoms with Crippen LogP contribution in [-0.2, 0) is 22.4 Å². The molecule has 0 aliphatic heterocycles. The molecule has 23 heavy (non-hydrogen) atoms. The summed E-state index contributed by atoms with van der Waals surface area (Å²) >= 11 is 6.66. The third kappa shape index (κ3) is 4.29. The third-order valence-corrected chi connectivity index (χ3v) is 6.25. The number of halogens is 1. The lowest BCUT2D eigenvalue weighted by Crippen LogP contribution is -2.31. The van der Waals surface area contributed by atoms with Crippen molar-refractivity contribution >= 4 is 17.6 Å². The topological polar surface area (TPSA) is 26.3 Å². The van der Waals surface area contributed by atoms with Crippen LogP contribution in [0.5, 0.6) is 0 Å². The van der Waals surface area contributed by atoms with Gasteiger partial charge in [-0.15, -0.1) is 11.6 Å². The zero-order chi connectivity index (χ0) is 16.2. The van der Waals surface area contributed by atoms with E-state index in [1.165, 1.54) is 56.8 Å². The van der Waals surface area contributed by atoms with Crippen LogP contribution in [0.1, 0.15) is 49.7 Å². The van der Waals surface area contributed by atoms with Crippen LogP contribution in [0.2, 0.25) is 0 Å². The highest BCUT2D eigenvalue weighted by molar-refractivity contribution is 6.22. The number of esters is 1. The number of carbonyl (C=O) groups excluding carboxylic acids is 1. The summed E-state index contributed by atoms with van der Waals surface area (Å²) in [6, 6.07) is 8.79. The van der Waals surface area contributed by atoms with E-state index in [1.54, 1.807) is 0 Å². The summed E-state index contributed by atoms with van der Waals surface area (Å²) in [5, 5.41) is -0.186. The first kappa shape index (κ1) is 16.8. The minimum Gasteiger partial charge on any atom is -0.469 e. The lowest BCUT2D eigenvalue weighted by atomic mass is 9.75. The Labute approximate surface area is 144 Å². The number of aryl methyl sites for hydroxylation is 1. The van der Waals surface area contributed by atoms with Crippen LogP contribution in [0.4, 0.5) is 0 Å². The van der Waals surface area contributed by atoms with Gasteiger partial charge in [0.05, 0.1) is 18.4 Å². The summed E-state index contributed by atoms with van der Waals surface area (Å²) in [4.78, 5) is 12.2. The molecular weight excluding hydrogens is 308 g/mol. The zero-order valence-corrected chi connectivity index (χ0v) is 14.7. The molecule has 2 nitrogen and oxygen atoms in total. The van der Waals surface area contributed by atoms with Gasteiger partial charge in [0.25, 0.3) is 0 Å². The predicted octanol–water partition coefficient (Wildman–Crippen LogP) is 4.77. The van der Waals surface area contributed by atoms with Gasteiger partial charge in [0, 0.05) is 0 Å². The van der Waals surface area contributed by atoms with Crippen molar-refractivity contribution in [1.29, 1.82) is 0 Å². The van der Waals surface area contributed by atoms with E-state index in [0.29, 0.717) is 5.92 Å². The Morgan fingerprint density at radius 3 is 2.26 bits per heavy atom. The maximum Gasteiger partial charge on any atom is 0.310 e. The summed E-state index contributed by atoms with van der Waals surface area (Å²) < 4.78 is 5.04. The Balaban J connectivity index is 1.83. The van der Waals surface area contributed by atoms with Crippen molar-refractivity contribution in [2.24, 2.45) is 17.8 Å². The quantitative estimate of drug-likeness (QED) is 0.546. The molecule has 2 atom stereocenters. The van der Waals surface area contributed by atoms with Gasteiger partial charge in [0.15, 0.2) is 0 Å². The Morgan fingerprint density at radius 1 is 1.00 bits per heavy atom. The molecule has 0 spiro atoms. The van der Waals surface area contributed by atoms with E-state index < -0.39 is 0 Å². The molecule has 3 heteroatoms. The van der Waals surface area contributed by atoms with Crippen LogP contribution in [0.25, 0.3) is 0 Å². The molecule has 1 fully saturated rings. The average Bonchev–Trinajstić information content (AvgIpc) is 2.59. The molecule has 1 saturated carbocycles. The van der Waals surface area contributed by atoms with Crippen molar-refractivity contribution in [3.63, 3.8) is 0 Å². The highest BCUT2D eigenvalue weighted by Gasteiger charge is 2.32. The molecule has 4 bridgehead atoms. The Kier molecular flexibility index (Phi) is 5.63. The summed E-state index contributed by atoms with van der Waals surface area (Å²) in [5.41, 5.74) is 2.63. The predicted molar refractivity (Wildman–Crippen MR) is 93.7 cm³/mol. The number of rotatable bonds is 1. The molecule has 1 aromatic carbocycles. The van der Waals surface area contributed by atoms with Gasteiger partial charge in [-0.05, 0) is 48.6 Å². The van der Waals surface area contributed by atoms with Crippen molar-refractivity contribution in [2.45, 2.75) is 56.7 Å². The monoisotopic (exact) mass is 334 g/mol. The van der Waals surface area contributed by atoms with E-state index in [1.807, 2.05) is 0 Å². The number of benzene rings is 1. The molecule has 1 aromatic rings. The molecule has 0 radical (unpaired) electrons. The molecule has 5 aliphatic rings. The van der Waals surface area contributed by atoms with Gasteiger partial charge in [-0.2, -0.15) is 0 Å². The van der Waals surface area contributed by atoms with Crippen molar-refractivity contribution in [2.75, 3.05) is 7.11 Å². The van der Waals surface area contributed by atoms with Crippen LogP contribution in [0.3, 0.4) is 0 Å². The first-order chi connectivity index (χ1) is 11.2. The smallest absolute Gasteiger partial charge is 0.310 e. The number of hydrogen-bond donors (Lipinski definition) is 0. The van der Waals surface area contributed by atoms with Crippen LogP contribution >= 0.6 is 11.6 Å². The largest absolute Gasteiger partial charge is 0.469 e. The van der Waals surface area contributed by atoms with Gasteiger partial charge >= 0.3 is 5.97 Å². The molecule has 0 aromatic heterocycles. The van der Waals surface area contributed by atoms with Crippen LogP contribution in [-0.4, -0.2) is 18.5 Å². The highest BCUT2D eigenvalue weighted by Crippen LogP contribution is 2.37. The Morgan fingerprint density at radius 2 is 1.61 bits per heavy atom. The number of hydrogen-bond acceptors (Lipinski definition) is 2. The summed E-state index contributed by atoms with van der Waals surface area (Å²) in [6.45, 7) is 0. The zero-order valence-electron chi connectivity index (χ0n) is 14.0. The lowest BCUT2D eigenvalue weighted by molar-refractivity contribution is -0.146. The Bertz CT molecular complexity index is 517. The first-order valence-corrected chi connectivity index (χ1v) is 9.39. The minimum absolute atomic E-state index is 0.143. The second kappa shape index (κ2) is 7.70. The minimum atomic E-state index is -0.189. The molecule has 0 N–H and O–H groups in total. The molecule has 5 aliphatic carbocycles.